The Hall–Kier alpha value is -2.11. The van der Waals surface area contributed by atoms with Crippen molar-refractivity contribution in [3.63, 3.8) is 0 Å². The quantitative estimate of drug-likeness (QED) is 0.723. The van der Waals surface area contributed by atoms with Gasteiger partial charge in [-0.1, -0.05) is 0 Å². The van der Waals surface area contributed by atoms with Gasteiger partial charge in [-0.05, 0) is 13.0 Å². The molecule has 0 fully saturated rings. The van der Waals surface area contributed by atoms with Crippen LogP contribution in [0.25, 0.3) is 5.65 Å². The number of aromatic nitrogens is 3. The van der Waals surface area contributed by atoms with Crippen LogP contribution >= 0.6 is 0 Å². The van der Waals surface area contributed by atoms with E-state index in [1.165, 1.54) is 10.7 Å². The molecule has 6 nitrogen and oxygen atoms in total. The molecule has 0 saturated heterocycles. The van der Waals surface area contributed by atoms with Gasteiger partial charge in [0.05, 0.1) is 12.8 Å². The SMILES string of the molecule is CCOC(=O)c1cnn2ccc(N)nc12. The molecule has 2 rings (SSSR count). The monoisotopic (exact) mass is 206 g/mol. The first-order chi connectivity index (χ1) is 7.22. The fourth-order valence-electron chi connectivity index (χ4n) is 1.24. The Morgan fingerprint density at radius 3 is 3.20 bits per heavy atom. The van der Waals surface area contributed by atoms with Crippen molar-refractivity contribution in [2.75, 3.05) is 12.3 Å². The van der Waals surface area contributed by atoms with E-state index >= 15 is 0 Å². The number of fused-ring (bicyclic) bond motifs is 1. The summed E-state index contributed by atoms with van der Waals surface area (Å²) in [4.78, 5) is 15.5. The molecule has 15 heavy (non-hydrogen) atoms. The smallest absolute Gasteiger partial charge is 0.343 e. The third kappa shape index (κ3) is 1.61. The highest BCUT2D eigenvalue weighted by atomic mass is 16.5. The zero-order chi connectivity index (χ0) is 10.8. The Balaban J connectivity index is 2.52. The first-order valence-corrected chi connectivity index (χ1v) is 4.49. The van der Waals surface area contributed by atoms with Crippen LogP contribution in [0.1, 0.15) is 17.3 Å². The van der Waals surface area contributed by atoms with Gasteiger partial charge in [0, 0.05) is 6.20 Å². The molecule has 0 radical (unpaired) electrons. The molecule has 2 aromatic heterocycles. The van der Waals surface area contributed by atoms with Crippen molar-refractivity contribution >= 4 is 17.4 Å². The minimum atomic E-state index is -0.439. The maximum atomic E-state index is 11.5. The van der Waals surface area contributed by atoms with Crippen LogP contribution in [0.15, 0.2) is 18.5 Å². The first kappa shape index (κ1) is 9.45. The van der Waals surface area contributed by atoms with E-state index in [0.717, 1.165) is 0 Å². The minimum absolute atomic E-state index is 0.318. The third-order valence-electron chi connectivity index (χ3n) is 1.89. The first-order valence-electron chi connectivity index (χ1n) is 4.49. The Labute approximate surface area is 85.7 Å². The largest absolute Gasteiger partial charge is 0.462 e. The van der Waals surface area contributed by atoms with Crippen LogP contribution in [0.4, 0.5) is 5.82 Å². The number of carbonyl (C=O) groups excluding carboxylic acids is 1. The Bertz CT molecular complexity index is 506. The Kier molecular flexibility index (Phi) is 2.24. The van der Waals surface area contributed by atoms with Gasteiger partial charge in [0.15, 0.2) is 5.65 Å². The fraction of sp³-hybridized carbons (Fsp3) is 0.222. The lowest BCUT2D eigenvalue weighted by Crippen LogP contribution is -2.05. The summed E-state index contributed by atoms with van der Waals surface area (Å²) in [5.41, 5.74) is 6.26. The average molecular weight is 206 g/mol. The van der Waals surface area contributed by atoms with Crippen molar-refractivity contribution in [2.24, 2.45) is 0 Å². The number of esters is 1. The maximum Gasteiger partial charge on any atom is 0.343 e. The third-order valence-corrected chi connectivity index (χ3v) is 1.89. The summed E-state index contributed by atoms with van der Waals surface area (Å²) in [5, 5.41) is 3.96. The van der Waals surface area contributed by atoms with Gasteiger partial charge in [0.1, 0.15) is 11.4 Å². The standard InChI is InChI=1S/C9H10N4O2/c1-2-15-9(14)6-5-11-13-4-3-7(10)12-8(6)13/h3-5H,2H2,1H3,(H2,10,12). The lowest BCUT2D eigenvalue weighted by Gasteiger charge is -1.99. The molecule has 2 aromatic rings. The van der Waals surface area contributed by atoms with Crippen LogP contribution in [-0.4, -0.2) is 27.2 Å². The number of hydrogen-bond donors (Lipinski definition) is 1. The fourth-order valence-corrected chi connectivity index (χ4v) is 1.24. The second kappa shape index (κ2) is 3.56. The van der Waals surface area contributed by atoms with Gasteiger partial charge in [-0.2, -0.15) is 5.10 Å². The van der Waals surface area contributed by atoms with E-state index in [2.05, 4.69) is 10.1 Å². The molecular weight excluding hydrogens is 196 g/mol. The summed E-state index contributed by atoms with van der Waals surface area (Å²) in [6.07, 6.45) is 3.06. The number of anilines is 1. The average Bonchev–Trinajstić information content (AvgIpc) is 2.60. The lowest BCUT2D eigenvalue weighted by atomic mass is 10.3. The number of hydrogen-bond acceptors (Lipinski definition) is 5. The summed E-state index contributed by atoms with van der Waals surface area (Å²) < 4.78 is 6.34. The highest BCUT2D eigenvalue weighted by Gasteiger charge is 2.14. The number of nitrogens with zero attached hydrogens (tertiary/aromatic N) is 3. The van der Waals surface area contributed by atoms with Gasteiger partial charge in [-0.3, -0.25) is 0 Å². The molecule has 0 saturated carbocycles. The van der Waals surface area contributed by atoms with E-state index in [0.29, 0.717) is 23.6 Å². The number of carbonyl (C=O) groups is 1. The summed E-state index contributed by atoms with van der Waals surface area (Å²) in [6, 6.07) is 1.61. The van der Waals surface area contributed by atoms with Crippen molar-refractivity contribution in [3.05, 3.63) is 24.0 Å². The maximum absolute atomic E-state index is 11.5. The predicted molar refractivity (Wildman–Crippen MR) is 53.4 cm³/mol. The molecule has 0 unspecified atom stereocenters. The molecule has 0 bridgehead atoms. The second-order valence-corrected chi connectivity index (χ2v) is 2.90. The summed E-state index contributed by atoms with van der Waals surface area (Å²) in [6.45, 7) is 2.06. The molecule has 6 heteroatoms. The van der Waals surface area contributed by atoms with Crippen LogP contribution in [0.5, 0.6) is 0 Å². The molecular formula is C9H10N4O2. The number of nitrogen functional groups attached to an aromatic ring is 1. The van der Waals surface area contributed by atoms with E-state index in [-0.39, 0.29) is 0 Å². The zero-order valence-corrected chi connectivity index (χ0v) is 8.17. The van der Waals surface area contributed by atoms with Crippen LogP contribution in [0.2, 0.25) is 0 Å². The summed E-state index contributed by atoms with van der Waals surface area (Å²) in [5.74, 6) is -0.0980. The van der Waals surface area contributed by atoms with Crippen LogP contribution in [0, 0.1) is 0 Å². The van der Waals surface area contributed by atoms with Gasteiger partial charge >= 0.3 is 5.97 Å². The van der Waals surface area contributed by atoms with Gasteiger partial charge < -0.3 is 10.5 Å². The molecule has 0 atom stereocenters. The molecule has 0 aliphatic heterocycles. The van der Waals surface area contributed by atoms with E-state index in [4.69, 9.17) is 10.5 Å². The van der Waals surface area contributed by atoms with Gasteiger partial charge in [0.25, 0.3) is 0 Å². The highest BCUT2D eigenvalue weighted by molar-refractivity contribution is 5.95. The van der Waals surface area contributed by atoms with Gasteiger partial charge in [-0.15, -0.1) is 0 Å². The minimum Gasteiger partial charge on any atom is -0.462 e. The van der Waals surface area contributed by atoms with Crippen molar-refractivity contribution in [1.82, 2.24) is 14.6 Å². The number of ether oxygens (including phenoxy) is 1. The second-order valence-electron chi connectivity index (χ2n) is 2.90. The van der Waals surface area contributed by atoms with Gasteiger partial charge in [0.2, 0.25) is 0 Å². The van der Waals surface area contributed by atoms with E-state index in [1.54, 1.807) is 19.2 Å². The van der Waals surface area contributed by atoms with Crippen molar-refractivity contribution in [1.29, 1.82) is 0 Å². The molecule has 2 heterocycles. The highest BCUT2D eigenvalue weighted by Crippen LogP contribution is 2.10. The van der Waals surface area contributed by atoms with Gasteiger partial charge in [-0.25, -0.2) is 14.3 Å². The van der Waals surface area contributed by atoms with E-state index in [1.807, 2.05) is 0 Å². The number of nitrogens with two attached hydrogens (primary N) is 1. The zero-order valence-electron chi connectivity index (χ0n) is 8.17. The van der Waals surface area contributed by atoms with Crippen LogP contribution in [-0.2, 0) is 4.74 Å². The summed E-state index contributed by atoms with van der Waals surface area (Å²) in [7, 11) is 0. The van der Waals surface area contributed by atoms with Crippen LogP contribution in [0.3, 0.4) is 0 Å². The Morgan fingerprint density at radius 1 is 1.67 bits per heavy atom. The molecule has 0 aliphatic rings. The summed E-state index contributed by atoms with van der Waals surface area (Å²) >= 11 is 0. The topological polar surface area (TPSA) is 82.5 Å². The predicted octanol–water partition coefficient (Wildman–Crippen LogP) is 0.488. The van der Waals surface area contributed by atoms with E-state index < -0.39 is 5.97 Å². The molecule has 0 spiro atoms. The lowest BCUT2D eigenvalue weighted by molar-refractivity contribution is 0.0528. The normalized spacial score (nSPS) is 10.5. The van der Waals surface area contributed by atoms with E-state index in [9.17, 15) is 4.79 Å². The molecule has 78 valence electrons. The molecule has 0 aromatic carbocycles. The molecule has 2 N–H and O–H groups in total. The molecule has 0 amide bonds. The molecule has 0 aliphatic carbocycles. The van der Waals surface area contributed by atoms with Crippen molar-refractivity contribution in [3.8, 4) is 0 Å². The van der Waals surface area contributed by atoms with Crippen molar-refractivity contribution < 1.29 is 9.53 Å². The number of rotatable bonds is 2. The van der Waals surface area contributed by atoms with Crippen LogP contribution < -0.4 is 5.73 Å². The Morgan fingerprint density at radius 2 is 2.47 bits per heavy atom. The van der Waals surface area contributed by atoms with Crippen molar-refractivity contribution in [2.45, 2.75) is 6.92 Å².